The van der Waals surface area contributed by atoms with Gasteiger partial charge >= 0.3 is 6.03 Å². The molecule has 0 heterocycles. The summed E-state index contributed by atoms with van der Waals surface area (Å²) >= 11 is 3.21. The van der Waals surface area contributed by atoms with Crippen molar-refractivity contribution in [2.24, 2.45) is 0 Å². The Hall–Kier alpha value is -1.12. The maximum atomic E-state index is 11.9. The van der Waals surface area contributed by atoms with Crippen LogP contribution < -0.4 is 10.1 Å². The third-order valence-electron chi connectivity index (χ3n) is 2.40. The zero-order valence-electron chi connectivity index (χ0n) is 10.8. The Bertz CT molecular complexity index is 543. The van der Waals surface area contributed by atoms with Gasteiger partial charge < -0.3 is 0 Å². The van der Waals surface area contributed by atoms with Crippen molar-refractivity contribution < 1.29 is 13.2 Å². The molecule has 0 aromatic heterocycles. The van der Waals surface area contributed by atoms with Gasteiger partial charge in [-0.25, -0.2) is 22.9 Å². The summed E-state index contributed by atoms with van der Waals surface area (Å²) in [6, 6.07) is 5.26. The standard InChI is InChI=1S/C11H16BrN3O3S/c1-8(2)15(3)13-11(16)14-19(17,18)10-6-4-9(12)5-7-10/h4-8H,1-3H3,(H2,13,14,16). The molecule has 0 fully saturated rings. The lowest BCUT2D eigenvalue weighted by molar-refractivity contribution is 0.179. The predicted octanol–water partition coefficient (Wildman–Crippen LogP) is 1.69. The number of hydrogen-bond acceptors (Lipinski definition) is 4. The number of sulfonamides is 1. The van der Waals surface area contributed by atoms with Gasteiger partial charge in [0.2, 0.25) is 0 Å². The van der Waals surface area contributed by atoms with E-state index in [2.05, 4.69) is 21.4 Å². The third-order valence-corrected chi connectivity index (χ3v) is 4.28. The smallest absolute Gasteiger partial charge is 0.270 e. The Labute approximate surface area is 121 Å². The van der Waals surface area contributed by atoms with Crippen molar-refractivity contribution in [3.63, 3.8) is 0 Å². The van der Waals surface area contributed by atoms with E-state index in [1.54, 1.807) is 19.2 Å². The van der Waals surface area contributed by atoms with Gasteiger partial charge in [0.05, 0.1) is 4.90 Å². The van der Waals surface area contributed by atoms with Crippen molar-refractivity contribution in [3.05, 3.63) is 28.7 Å². The number of halogens is 1. The molecule has 2 N–H and O–H groups in total. The molecule has 0 radical (unpaired) electrons. The molecule has 0 bridgehead atoms. The third kappa shape index (κ3) is 4.81. The second-order valence-electron chi connectivity index (χ2n) is 4.20. The highest BCUT2D eigenvalue weighted by Gasteiger charge is 2.18. The molecule has 1 rings (SSSR count). The van der Waals surface area contributed by atoms with Crippen LogP contribution in [0.5, 0.6) is 0 Å². The highest BCUT2D eigenvalue weighted by Crippen LogP contribution is 2.14. The first kappa shape index (κ1) is 15.9. The SMILES string of the molecule is CC(C)N(C)NC(=O)NS(=O)(=O)c1ccc(Br)cc1. The molecule has 0 aliphatic rings. The number of benzene rings is 1. The molecule has 0 saturated heterocycles. The number of nitrogens with one attached hydrogen (secondary N) is 2. The van der Waals surface area contributed by atoms with Gasteiger partial charge in [-0.15, -0.1) is 0 Å². The summed E-state index contributed by atoms with van der Waals surface area (Å²) < 4.78 is 26.5. The molecule has 2 amide bonds. The summed E-state index contributed by atoms with van der Waals surface area (Å²) in [6.07, 6.45) is 0. The Morgan fingerprint density at radius 3 is 2.26 bits per heavy atom. The Kier molecular flexibility index (Phi) is 5.33. The maximum absolute atomic E-state index is 11.9. The van der Waals surface area contributed by atoms with Crippen LogP contribution in [0.15, 0.2) is 33.6 Å². The van der Waals surface area contributed by atoms with Crippen LogP contribution in [-0.4, -0.2) is 32.5 Å². The molecule has 106 valence electrons. The summed E-state index contributed by atoms with van der Waals surface area (Å²) in [4.78, 5) is 11.6. The zero-order chi connectivity index (χ0) is 14.6. The topological polar surface area (TPSA) is 78.5 Å². The minimum Gasteiger partial charge on any atom is -0.270 e. The van der Waals surface area contributed by atoms with E-state index in [-0.39, 0.29) is 10.9 Å². The van der Waals surface area contributed by atoms with Gasteiger partial charge in [-0.1, -0.05) is 15.9 Å². The van der Waals surface area contributed by atoms with Gasteiger partial charge in [-0.2, -0.15) is 0 Å². The maximum Gasteiger partial charge on any atom is 0.343 e. The Morgan fingerprint density at radius 2 is 1.79 bits per heavy atom. The first-order valence-electron chi connectivity index (χ1n) is 5.54. The molecule has 0 aliphatic carbocycles. The summed E-state index contributed by atoms with van der Waals surface area (Å²) in [5.41, 5.74) is 2.41. The van der Waals surface area contributed by atoms with E-state index in [0.717, 1.165) is 4.47 Å². The highest BCUT2D eigenvalue weighted by molar-refractivity contribution is 9.10. The number of rotatable bonds is 4. The fraction of sp³-hybridized carbons (Fsp3) is 0.364. The first-order valence-corrected chi connectivity index (χ1v) is 7.82. The second-order valence-corrected chi connectivity index (χ2v) is 6.80. The molecule has 0 spiro atoms. The van der Waals surface area contributed by atoms with E-state index >= 15 is 0 Å². The largest absolute Gasteiger partial charge is 0.343 e. The van der Waals surface area contributed by atoms with E-state index in [1.807, 2.05) is 18.6 Å². The molecule has 1 aromatic carbocycles. The Morgan fingerprint density at radius 1 is 1.26 bits per heavy atom. The van der Waals surface area contributed by atoms with Gasteiger partial charge in [-0.3, -0.25) is 5.43 Å². The van der Waals surface area contributed by atoms with Crippen LogP contribution in [0.25, 0.3) is 0 Å². The van der Waals surface area contributed by atoms with Crippen LogP contribution in [0, 0.1) is 0 Å². The fourth-order valence-corrected chi connectivity index (χ4v) is 2.27. The van der Waals surface area contributed by atoms with Gasteiger partial charge in [-0.05, 0) is 38.1 Å². The average molecular weight is 350 g/mol. The quantitative estimate of drug-likeness (QED) is 0.810. The lowest BCUT2D eigenvalue weighted by Crippen LogP contribution is -2.49. The van der Waals surface area contributed by atoms with Crippen LogP contribution >= 0.6 is 15.9 Å². The molecule has 1 aromatic rings. The van der Waals surface area contributed by atoms with Crippen molar-refractivity contribution in [1.29, 1.82) is 0 Å². The van der Waals surface area contributed by atoms with Crippen molar-refractivity contribution in [1.82, 2.24) is 15.2 Å². The molecule has 0 aliphatic heterocycles. The molecule has 6 nitrogen and oxygen atoms in total. The lowest BCUT2D eigenvalue weighted by atomic mass is 10.4. The van der Waals surface area contributed by atoms with Gasteiger partial charge in [0, 0.05) is 17.6 Å². The number of nitrogens with zero attached hydrogens (tertiary/aromatic N) is 1. The number of urea groups is 1. The van der Waals surface area contributed by atoms with E-state index in [1.165, 1.54) is 17.1 Å². The number of carbonyl (C=O) groups is 1. The van der Waals surface area contributed by atoms with Gasteiger partial charge in [0.25, 0.3) is 10.0 Å². The number of hydrazine groups is 1. The molecular weight excluding hydrogens is 334 g/mol. The summed E-state index contributed by atoms with van der Waals surface area (Å²) in [5.74, 6) is 0. The average Bonchev–Trinajstić information content (AvgIpc) is 2.28. The van der Waals surface area contributed by atoms with Crippen LogP contribution in [0.4, 0.5) is 4.79 Å². The van der Waals surface area contributed by atoms with Crippen molar-refractivity contribution in [3.8, 4) is 0 Å². The van der Waals surface area contributed by atoms with E-state index in [0.29, 0.717) is 0 Å². The monoisotopic (exact) mass is 349 g/mol. The van der Waals surface area contributed by atoms with E-state index < -0.39 is 16.1 Å². The predicted molar refractivity (Wildman–Crippen MR) is 75.9 cm³/mol. The van der Waals surface area contributed by atoms with Crippen molar-refractivity contribution in [2.75, 3.05) is 7.05 Å². The number of hydrogen-bond donors (Lipinski definition) is 2. The summed E-state index contributed by atoms with van der Waals surface area (Å²) in [7, 11) is -2.21. The normalized spacial score (nSPS) is 11.7. The summed E-state index contributed by atoms with van der Waals surface area (Å²) in [5, 5.41) is 1.51. The number of amides is 2. The summed E-state index contributed by atoms with van der Waals surface area (Å²) in [6.45, 7) is 3.73. The number of carbonyl (C=O) groups excluding carboxylic acids is 1. The second kappa shape index (κ2) is 6.36. The Balaban J connectivity index is 2.75. The van der Waals surface area contributed by atoms with Crippen LogP contribution in [0.2, 0.25) is 0 Å². The van der Waals surface area contributed by atoms with Crippen molar-refractivity contribution >= 4 is 32.0 Å². The lowest BCUT2D eigenvalue weighted by Gasteiger charge is -2.21. The molecule has 8 heteroatoms. The van der Waals surface area contributed by atoms with E-state index in [4.69, 9.17) is 0 Å². The minimum atomic E-state index is -3.86. The van der Waals surface area contributed by atoms with Crippen molar-refractivity contribution in [2.45, 2.75) is 24.8 Å². The molecule has 0 atom stereocenters. The highest BCUT2D eigenvalue weighted by atomic mass is 79.9. The van der Waals surface area contributed by atoms with E-state index in [9.17, 15) is 13.2 Å². The van der Waals surface area contributed by atoms with Crippen LogP contribution in [-0.2, 0) is 10.0 Å². The van der Waals surface area contributed by atoms with Gasteiger partial charge in [0.1, 0.15) is 0 Å². The molecule has 0 unspecified atom stereocenters. The first-order chi connectivity index (χ1) is 8.72. The van der Waals surface area contributed by atoms with Crippen LogP contribution in [0.3, 0.4) is 0 Å². The van der Waals surface area contributed by atoms with Gasteiger partial charge in [0.15, 0.2) is 0 Å². The zero-order valence-corrected chi connectivity index (χ0v) is 13.2. The fourth-order valence-electron chi connectivity index (χ4n) is 1.11. The molecule has 19 heavy (non-hydrogen) atoms. The molecule has 0 saturated carbocycles. The molecular formula is C11H16BrN3O3S. The minimum absolute atomic E-state index is 0.0260. The van der Waals surface area contributed by atoms with Crippen LogP contribution in [0.1, 0.15) is 13.8 Å².